The second-order valence-electron chi connectivity index (χ2n) is 12.5. The van der Waals surface area contributed by atoms with Gasteiger partial charge in [-0.1, -0.05) is 51.1 Å². The Bertz CT molecular complexity index is 1220. The van der Waals surface area contributed by atoms with Crippen molar-refractivity contribution in [1.82, 2.24) is 10.4 Å². The number of aliphatic hydroxyl groups excluding tert-OH is 2. The molecule has 1 heterocycles. The number of thioether (sulfide) groups is 1. The first-order chi connectivity index (χ1) is 19.1. The molecule has 7 nitrogen and oxygen atoms in total. The lowest BCUT2D eigenvalue weighted by Crippen LogP contribution is -2.62. The van der Waals surface area contributed by atoms with Crippen LogP contribution in [0.5, 0.6) is 5.75 Å². The second kappa shape index (κ2) is 11.6. The summed E-state index contributed by atoms with van der Waals surface area (Å²) in [4.78, 5) is 21.3. The van der Waals surface area contributed by atoms with Gasteiger partial charge in [-0.05, 0) is 66.9 Å². The van der Waals surface area contributed by atoms with Crippen LogP contribution in [0.3, 0.4) is 0 Å². The van der Waals surface area contributed by atoms with Crippen molar-refractivity contribution in [2.75, 3.05) is 20.0 Å². The molecule has 4 fully saturated rings. The lowest BCUT2D eigenvalue weighted by atomic mass is 9.45. The molecule has 8 heteroatoms. The number of hydroxylamine groups is 2. The maximum atomic E-state index is 14.0. The van der Waals surface area contributed by atoms with Gasteiger partial charge in [0.25, 0.3) is 0 Å². The molecular weight excluding hydrogens is 524 g/mol. The van der Waals surface area contributed by atoms with E-state index >= 15 is 0 Å². The molecule has 2 aromatic carbocycles. The highest BCUT2D eigenvalue weighted by Crippen LogP contribution is 2.61. The third kappa shape index (κ3) is 5.18. The molecule has 0 radical (unpaired) electrons. The summed E-state index contributed by atoms with van der Waals surface area (Å²) in [5.41, 5.74) is 3.19. The van der Waals surface area contributed by atoms with Crippen LogP contribution in [0.15, 0.2) is 47.4 Å². The normalized spacial score (nSPS) is 31.9. The number of rotatable bonds is 9. The predicted molar refractivity (Wildman–Crippen MR) is 158 cm³/mol. The van der Waals surface area contributed by atoms with E-state index in [0.29, 0.717) is 28.9 Å². The molecule has 6 rings (SSSR count). The summed E-state index contributed by atoms with van der Waals surface area (Å²) in [5.74, 6) is 1.59. The number of carbonyl (C=O) groups excluding carboxylic acids is 1. The molecule has 0 unspecified atom stereocenters. The highest BCUT2D eigenvalue weighted by Gasteiger charge is 2.57. The number of fused-ring (bicyclic) bond motifs is 2. The quantitative estimate of drug-likeness (QED) is 0.376. The van der Waals surface area contributed by atoms with Crippen molar-refractivity contribution in [2.45, 2.75) is 76.3 Å². The van der Waals surface area contributed by atoms with Gasteiger partial charge in [0, 0.05) is 28.0 Å². The largest absolute Gasteiger partial charge is 0.496 e. The summed E-state index contributed by atoms with van der Waals surface area (Å²) >= 11 is 1.69. The monoisotopic (exact) mass is 568 g/mol. The van der Waals surface area contributed by atoms with E-state index in [2.05, 4.69) is 50.5 Å². The van der Waals surface area contributed by atoms with Gasteiger partial charge in [0.1, 0.15) is 17.9 Å². The zero-order chi connectivity index (χ0) is 28.8. The van der Waals surface area contributed by atoms with Crippen molar-refractivity contribution in [3.63, 3.8) is 0 Å². The summed E-state index contributed by atoms with van der Waals surface area (Å²) in [5, 5.41) is 25.9. The van der Waals surface area contributed by atoms with E-state index in [1.165, 1.54) is 6.42 Å². The fourth-order valence-electron chi connectivity index (χ4n) is 7.62. The van der Waals surface area contributed by atoms with E-state index in [0.717, 1.165) is 28.0 Å². The number of methoxy groups -OCH3 is 1. The number of hydrogen-bond donors (Lipinski definition) is 3. The summed E-state index contributed by atoms with van der Waals surface area (Å²) < 4.78 is 5.92. The number of nitrogens with one attached hydrogen (secondary N) is 1. The number of amides is 1. The third-order valence-electron chi connectivity index (χ3n) is 10.1. The molecule has 1 saturated heterocycles. The fraction of sp³-hybridized carbons (Fsp3) is 0.594. The predicted octanol–water partition coefficient (Wildman–Crippen LogP) is 4.74. The van der Waals surface area contributed by atoms with Crippen molar-refractivity contribution in [3.8, 4) is 16.9 Å². The number of aliphatic hydroxyl groups is 2. The lowest BCUT2D eigenvalue weighted by molar-refractivity contribution is -0.183. The molecule has 0 aromatic heterocycles. The van der Waals surface area contributed by atoms with E-state index in [1.807, 2.05) is 24.3 Å². The van der Waals surface area contributed by atoms with Crippen molar-refractivity contribution >= 4 is 17.7 Å². The minimum absolute atomic E-state index is 0.0931. The molecule has 1 amide bonds. The first-order valence-electron chi connectivity index (χ1n) is 14.4. The zero-order valence-corrected chi connectivity index (χ0v) is 25.3. The van der Waals surface area contributed by atoms with E-state index < -0.39 is 24.2 Å². The molecule has 0 spiro atoms. The van der Waals surface area contributed by atoms with Gasteiger partial charge in [-0.3, -0.25) is 9.63 Å². The van der Waals surface area contributed by atoms with Crippen LogP contribution in [-0.2, 0) is 16.2 Å². The molecule has 3 saturated carbocycles. The van der Waals surface area contributed by atoms with E-state index in [-0.39, 0.29) is 25.1 Å². The Morgan fingerprint density at radius 2 is 2.00 bits per heavy atom. The SMILES string of the molecule is COc1c(CN2O[C@@H](CO)[C@@H]([C@H](C)O)[C@H]2C(=O)N[C@H]2C[C@H]3C[C@@H]([C@@H]2C)C3(C)C)cccc1-c1cccc(SC)c1. The number of para-hydroxylation sites is 1. The van der Waals surface area contributed by atoms with Crippen LogP contribution in [0.2, 0.25) is 0 Å². The van der Waals surface area contributed by atoms with Crippen LogP contribution >= 0.6 is 11.8 Å². The average Bonchev–Trinajstić information content (AvgIpc) is 3.32. The van der Waals surface area contributed by atoms with Gasteiger partial charge in [-0.15, -0.1) is 11.8 Å². The first-order valence-corrected chi connectivity index (χ1v) is 15.7. The Balaban J connectivity index is 1.42. The minimum atomic E-state index is -0.837. The molecule has 3 aliphatic carbocycles. The Morgan fingerprint density at radius 1 is 1.25 bits per heavy atom. The van der Waals surface area contributed by atoms with E-state index in [4.69, 9.17) is 9.57 Å². The van der Waals surface area contributed by atoms with Gasteiger partial charge < -0.3 is 20.3 Å². The van der Waals surface area contributed by atoms with E-state index in [9.17, 15) is 15.0 Å². The van der Waals surface area contributed by atoms with Gasteiger partial charge in [0.15, 0.2) is 0 Å². The molecule has 218 valence electrons. The Labute approximate surface area is 242 Å². The summed E-state index contributed by atoms with van der Waals surface area (Å²) in [6.07, 6.45) is 2.74. The first kappa shape index (κ1) is 29.4. The number of ether oxygens (including phenoxy) is 1. The van der Waals surface area contributed by atoms with Crippen molar-refractivity contribution in [3.05, 3.63) is 48.0 Å². The van der Waals surface area contributed by atoms with Gasteiger partial charge in [0.05, 0.1) is 26.4 Å². The Hall–Kier alpha value is -2.10. The van der Waals surface area contributed by atoms with Crippen LogP contribution in [0.1, 0.15) is 46.1 Å². The summed E-state index contributed by atoms with van der Waals surface area (Å²) in [6.45, 7) is 8.60. The Morgan fingerprint density at radius 3 is 2.62 bits per heavy atom. The molecule has 8 atom stereocenters. The van der Waals surface area contributed by atoms with Crippen molar-refractivity contribution in [1.29, 1.82) is 0 Å². The van der Waals surface area contributed by atoms with Gasteiger partial charge >= 0.3 is 0 Å². The molecule has 2 bridgehead atoms. The second-order valence-corrected chi connectivity index (χ2v) is 13.3. The van der Waals surface area contributed by atoms with Crippen LogP contribution in [0, 0.1) is 29.1 Å². The topological polar surface area (TPSA) is 91.3 Å². The standard InChI is InChI=1S/C32H44N2O5S/c1-18-25-14-22(32(25,3)4)15-26(18)33-31(37)29-28(19(2)36)27(17-35)39-34(29)16-21-10-8-12-24(30(21)38-5)20-9-7-11-23(13-20)40-6/h7-13,18-19,22,25-29,35-36H,14-17H2,1-6H3,(H,33,37)/t18-,19-,22+,25-,26-,27-,28+,29-/m0/s1. The smallest absolute Gasteiger partial charge is 0.240 e. The van der Waals surface area contributed by atoms with Crippen molar-refractivity contribution in [2.24, 2.45) is 29.1 Å². The maximum Gasteiger partial charge on any atom is 0.240 e. The van der Waals surface area contributed by atoms with Crippen molar-refractivity contribution < 1.29 is 24.6 Å². The maximum absolute atomic E-state index is 14.0. The molecule has 2 aromatic rings. The summed E-state index contributed by atoms with van der Waals surface area (Å²) in [6, 6.07) is 13.6. The molecule has 1 aliphatic heterocycles. The number of hydrogen-bond acceptors (Lipinski definition) is 7. The Kier molecular flexibility index (Phi) is 8.56. The van der Waals surface area contributed by atoms with Gasteiger partial charge in [-0.2, -0.15) is 5.06 Å². The van der Waals surface area contributed by atoms with Gasteiger partial charge in [-0.25, -0.2) is 0 Å². The number of nitrogens with zero attached hydrogens (tertiary/aromatic N) is 1. The highest BCUT2D eigenvalue weighted by molar-refractivity contribution is 7.98. The zero-order valence-electron chi connectivity index (χ0n) is 24.5. The molecule has 3 N–H and O–H groups in total. The summed E-state index contributed by atoms with van der Waals surface area (Å²) in [7, 11) is 1.65. The van der Waals surface area contributed by atoms with Crippen LogP contribution in [0.4, 0.5) is 0 Å². The van der Waals surface area contributed by atoms with Crippen LogP contribution in [-0.4, -0.2) is 65.4 Å². The fourth-order valence-corrected chi connectivity index (χ4v) is 8.08. The minimum Gasteiger partial charge on any atom is -0.496 e. The number of carbonyl (C=O) groups is 1. The average molecular weight is 569 g/mol. The molecular formula is C32H44N2O5S. The van der Waals surface area contributed by atoms with Crippen LogP contribution in [0.25, 0.3) is 11.1 Å². The molecule has 40 heavy (non-hydrogen) atoms. The van der Waals surface area contributed by atoms with Gasteiger partial charge in [0.2, 0.25) is 5.91 Å². The highest BCUT2D eigenvalue weighted by atomic mass is 32.2. The lowest BCUT2D eigenvalue weighted by Gasteiger charge is -2.62. The van der Waals surface area contributed by atoms with Crippen LogP contribution < -0.4 is 10.1 Å². The number of benzene rings is 2. The van der Waals surface area contributed by atoms with E-state index in [1.54, 1.807) is 30.9 Å². The molecule has 4 aliphatic rings. The third-order valence-corrected chi connectivity index (χ3v) is 10.8.